The minimum Gasteiger partial charge on any atom is -0.405 e. The average molecular weight is 508 g/mol. The second-order valence-electron chi connectivity index (χ2n) is 6.44. The SMILES string of the molecule is N#CN=C1c2cc(OC(F)(F)F)c(C(F)(F)F)cc2-c2cc(C(F)(F)F)c(OC(F)(F)F)cc21. The quantitative estimate of drug-likeness (QED) is 0.282. The van der Waals surface area contributed by atoms with Gasteiger partial charge in [-0.05, 0) is 35.4 Å². The average Bonchev–Trinajstić information content (AvgIpc) is 2.89. The molecule has 34 heavy (non-hydrogen) atoms. The van der Waals surface area contributed by atoms with Crippen LogP contribution in [-0.2, 0) is 12.4 Å². The number of nitriles is 1. The second kappa shape index (κ2) is 7.71. The predicted octanol–water partition coefficient (Wildman–Crippen LogP) is 6.82. The number of benzene rings is 2. The molecule has 0 N–H and O–H groups in total. The van der Waals surface area contributed by atoms with Gasteiger partial charge in [-0.3, -0.25) is 0 Å². The lowest BCUT2D eigenvalue weighted by molar-refractivity contribution is -0.277. The van der Waals surface area contributed by atoms with Crippen LogP contribution in [0.1, 0.15) is 22.3 Å². The van der Waals surface area contributed by atoms with Gasteiger partial charge in [-0.15, -0.1) is 26.3 Å². The third-order valence-corrected chi connectivity index (χ3v) is 4.26. The van der Waals surface area contributed by atoms with E-state index in [1.165, 1.54) is 0 Å². The fraction of sp³-hybridized carbons (Fsp3) is 0.222. The summed E-state index contributed by atoms with van der Waals surface area (Å²) in [5, 5.41) is 8.84. The molecule has 0 amide bonds. The van der Waals surface area contributed by atoms with Gasteiger partial charge in [-0.25, -0.2) is 0 Å². The molecule has 1 aliphatic rings. The van der Waals surface area contributed by atoms with Crippen molar-refractivity contribution in [1.82, 2.24) is 0 Å². The summed E-state index contributed by atoms with van der Waals surface area (Å²) in [6, 6.07) is 0.276. The summed E-state index contributed by atoms with van der Waals surface area (Å²) in [7, 11) is 0. The number of halogens is 12. The molecule has 16 heteroatoms. The Kier molecular flexibility index (Phi) is 5.66. The summed E-state index contributed by atoms with van der Waals surface area (Å²) in [6.45, 7) is 0. The zero-order valence-electron chi connectivity index (χ0n) is 15.6. The number of rotatable bonds is 2. The molecule has 2 aromatic carbocycles. The molecular weight excluding hydrogens is 504 g/mol. The number of fused-ring (bicyclic) bond motifs is 3. The van der Waals surface area contributed by atoms with E-state index < -0.39 is 75.7 Å². The van der Waals surface area contributed by atoms with Crippen molar-refractivity contribution < 1.29 is 62.2 Å². The van der Waals surface area contributed by atoms with Crippen LogP contribution in [-0.4, -0.2) is 18.4 Å². The fourth-order valence-corrected chi connectivity index (χ4v) is 3.17. The van der Waals surface area contributed by atoms with Gasteiger partial charge in [0.2, 0.25) is 6.19 Å². The number of alkyl halides is 12. The summed E-state index contributed by atoms with van der Waals surface area (Å²) in [6.07, 6.45) is -21.1. The van der Waals surface area contributed by atoms with Crippen molar-refractivity contribution in [1.29, 1.82) is 5.26 Å². The molecule has 0 atom stereocenters. The van der Waals surface area contributed by atoms with Crippen molar-refractivity contribution in [2.45, 2.75) is 25.1 Å². The van der Waals surface area contributed by atoms with Gasteiger partial charge in [0.15, 0.2) is 0 Å². The van der Waals surface area contributed by atoms with Crippen molar-refractivity contribution >= 4 is 5.71 Å². The van der Waals surface area contributed by atoms with E-state index in [0.717, 1.165) is 6.19 Å². The van der Waals surface area contributed by atoms with Crippen LogP contribution in [0.25, 0.3) is 11.1 Å². The molecule has 182 valence electrons. The molecule has 0 saturated heterocycles. The number of nitrogens with zero attached hydrogens (tertiary/aromatic N) is 2. The Morgan fingerprint density at radius 1 is 0.588 bits per heavy atom. The van der Waals surface area contributed by atoms with Gasteiger partial charge >= 0.3 is 25.1 Å². The largest absolute Gasteiger partial charge is 0.573 e. The smallest absolute Gasteiger partial charge is 0.405 e. The maximum absolute atomic E-state index is 13.4. The lowest BCUT2D eigenvalue weighted by Gasteiger charge is -2.18. The lowest BCUT2D eigenvalue weighted by atomic mass is 9.99. The second-order valence-corrected chi connectivity index (χ2v) is 6.44. The summed E-state index contributed by atoms with van der Waals surface area (Å²) in [5.41, 5.74) is -7.89. The molecule has 1 aliphatic carbocycles. The lowest BCUT2D eigenvalue weighted by Crippen LogP contribution is -2.20. The van der Waals surface area contributed by atoms with E-state index in [0.29, 0.717) is 0 Å². The van der Waals surface area contributed by atoms with E-state index >= 15 is 0 Å². The van der Waals surface area contributed by atoms with Crippen LogP contribution in [0.5, 0.6) is 11.5 Å². The fourth-order valence-electron chi connectivity index (χ4n) is 3.17. The van der Waals surface area contributed by atoms with Crippen LogP contribution in [0, 0.1) is 11.5 Å². The molecule has 4 nitrogen and oxygen atoms in total. The van der Waals surface area contributed by atoms with Crippen molar-refractivity contribution in [3.05, 3.63) is 46.5 Å². The van der Waals surface area contributed by atoms with E-state index in [4.69, 9.17) is 5.26 Å². The Morgan fingerprint density at radius 3 is 1.21 bits per heavy atom. The first-order valence-electron chi connectivity index (χ1n) is 8.31. The molecule has 0 radical (unpaired) electrons. The normalized spacial score (nSPS) is 13.8. The highest BCUT2D eigenvalue weighted by atomic mass is 19.4. The Labute approximate surface area is 179 Å². The predicted molar refractivity (Wildman–Crippen MR) is 86.5 cm³/mol. The first-order chi connectivity index (χ1) is 15.3. The van der Waals surface area contributed by atoms with Gasteiger partial charge in [-0.2, -0.15) is 36.6 Å². The highest BCUT2D eigenvalue weighted by molar-refractivity contribution is 6.25. The summed E-state index contributed by atoms with van der Waals surface area (Å²) >= 11 is 0. The first-order valence-corrected chi connectivity index (χ1v) is 8.31. The minimum absolute atomic E-state index is 0.0135. The molecular formula is C18H4F12N2O2. The first kappa shape index (κ1) is 25.0. The van der Waals surface area contributed by atoms with Crippen LogP contribution < -0.4 is 9.47 Å². The van der Waals surface area contributed by atoms with Crippen LogP contribution in [0.2, 0.25) is 0 Å². The highest BCUT2D eigenvalue weighted by Crippen LogP contribution is 2.49. The molecule has 0 saturated carbocycles. The Morgan fingerprint density at radius 2 is 0.941 bits per heavy atom. The molecule has 0 spiro atoms. The molecule has 3 rings (SSSR count). The third kappa shape index (κ3) is 4.97. The summed E-state index contributed by atoms with van der Waals surface area (Å²) < 4.78 is 163. The summed E-state index contributed by atoms with van der Waals surface area (Å²) in [5.74, 6) is -3.64. The Hall–Kier alpha value is -3.64. The zero-order chi connectivity index (χ0) is 25.9. The highest BCUT2D eigenvalue weighted by Gasteiger charge is 2.44. The van der Waals surface area contributed by atoms with E-state index in [2.05, 4.69) is 14.5 Å². The number of hydrogen-bond acceptors (Lipinski definition) is 4. The topological polar surface area (TPSA) is 54.6 Å². The number of hydrogen-bond donors (Lipinski definition) is 0. The number of ether oxygens (including phenoxy) is 2. The Bertz CT molecular complexity index is 1130. The molecule has 0 fully saturated rings. The molecule has 0 aromatic heterocycles. The molecule has 0 bridgehead atoms. The van der Waals surface area contributed by atoms with Crippen molar-refractivity contribution in [3.8, 4) is 28.8 Å². The van der Waals surface area contributed by atoms with Gasteiger partial charge in [-0.1, -0.05) is 0 Å². The van der Waals surface area contributed by atoms with E-state index in [1.54, 1.807) is 0 Å². The monoisotopic (exact) mass is 508 g/mol. The standard InChI is InChI=1S/C18H4F12N2O2/c19-15(20,21)10-1-6-7-2-11(16(22,23)24)13(34-18(28,29)30)4-9(7)14(32-5-31)8(6)3-12(10)33-17(25,26)27/h1-4H. The van der Waals surface area contributed by atoms with Gasteiger partial charge < -0.3 is 9.47 Å². The van der Waals surface area contributed by atoms with Gasteiger partial charge in [0.05, 0.1) is 16.8 Å². The van der Waals surface area contributed by atoms with Crippen molar-refractivity contribution in [2.75, 3.05) is 0 Å². The minimum atomic E-state index is -5.62. The molecule has 0 heterocycles. The van der Waals surface area contributed by atoms with Crippen LogP contribution in [0.4, 0.5) is 52.7 Å². The van der Waals surface area contributed by atoms with E-state index in [1.807, 2.05) is 0 Å². The molecule has 2 aromatic rings. The van der Waals surface area contributed by atoms with Gasteiger partial charge in [0.25, 0.3) is 0 Å². The van der Waals surface area contributed by atoms with Crippen molar-refractivity contribution in [2.24, 2.45) is 4.99 Å². The maximum atomic E-state index is 13.4. The maximum Gasteiger partial charge on any atom is 0.573 e. The van der Waals surface area contributed by atoms with Crippen LogP contribution in [0.15, 0.2) is 29.3 Å². The van der Waals surface area contributed by atoms with E-state index in [9.17, 15) is 52.7 Å². The third-order valence-electron chi connectivity index (χ3n) is 4.26. The Balaban J connectivity index is 2.39. The van der Waals surface area contributed by atoms with E-state index in [-0.39, 0.29) is 24.3 Å². The van der Waals surface area contributed by atoms with Crippen LogP contribution in [0.3, 0.4) is 0 Å². The molecule has 0 unspecified atom stereocenters. The van der Waals surface area contributed by atoms with Gasteiger partial charge in [0.1, 0.15) is 11.5 Å². The molecule has 0 aliphatic heterocycles. The summed E-state index contributed by atoms with van der Waals surface area (Å²) in [4.78, 5) is 3.15. The van der Waals surface area contributed by atoms with Gasteiger partial charge in [0, 0.05) is 11.1 Å². The van der Waals surface area contributed by atoms with Crippen LogP contribution >= 0.6 is 0 Å². The zero-order valence-corrected chi connectivity index (χ0v) is 15.6. The van der Waals surface area contributed by atoms with Crippen molar-refractivity contribution in [3.63, 3.8) is 0 Å². The number of aliphatic imine (C=N–C) groups is 1.